The summed E-state index contributed by atoms with van der Waals surface area (Å²) >= 11 is 0. The minimum absolute atomic E-state index is 0.243. The zero-order valence-electron chi connectivity index (χ0n) is 4.37. The summed E-state index contributed by atoms with van der Waals surface area (Å²) in [4.78, 5) is 0. The number of halogens is 4. The predicted octanol–water partition coefficient (Wildman–Crippen LogP) is 2.22. The van der Waals surface area contributed by atoms with Gasteiger partial charge < -0.3 is 0 Å². The van der Waals surface area contributed by atoms with Crippen molar-refractivity contribution in [2.75, 3.05) is 0 Å². The van der Waals surface area contributed by atoms with Gasteiger partial charge in [-0.3, -0.25) is 0 Å². The van der Waals surface area contributed by atoms with Gasteiger partial charge in [-0.25, -0.2) is 0 Å². The topological polar surface area (TPSA) is 0 Å². The maximum absolute atomic E-state index is 11.9. The fraction of sp³-hybridized carbons (Fsp3) is 0.600. The first-order valence-electron chi connectivity index (χ1n) is 2.39. The van der Waals surface area contributed by atoms with Crippen LogP contribution in [0.5, 0.6) is 0 Å². The van der Waals surface area contributed by atoms with Crippen LogP contribution in [0.25, 0.3) is 0 Å². The third kappa shape index (κ3) is 0.821. The molecule has 0 atom stereocenters. The van der Waals surface area contributed by atoms with Crippen LogP contribution in [-0.4, -0.2) is 11.8 Å². The summed E-state index contributed by atoms with van der Waals surface area (Å²) < 4.78 is 47.6. The number of rotatable bonds is 0. The highest BCUT2D eigenvalue weighted by molar-refractivity contribution is 5.12. The second-order valence-corrected chi connectivity index (χ2v) is 1.93. The molecule has 0 unspecified atom stereocenters. The smallest absolute Gasteiger partial charge is 0.199 e. The zero-order valence-corrected chi connectivity index (χ0v) is 4.37. The van der Waals surface area contributed by atoms with Crippen LogP contribution in [-0.2, 0) is 0 Å². The van der Waals surface area contributed by atoms with Crippen molar-refractivity contribution >= 4 is 0 Å². The number of alkyl halides is 4. The lowest BCUT2D eigenvalue weighted by atomic mass is 10.2. The highest BCUT2D eigenvalue weighted by atomic mass is 19.3. The molecule has 0 fully saturated rings. The third-order valence-electron chi connectivity index (χ3n) is 1.19. The molecule has 0 aromatic carbocycles. The SMILES string of the molecule is FC1(F)C=CCC1(F)F. The van der Waals surface area contributed by atoms with E-state index in [4.69, 9.17) is 0 Å². The maximum atomic E-state index is 11.9. The zero-order chi connectivity index (χ0) is 7.12. The highest BCUT2D eigenvalue weighted by Gasteiger charge is 2.56. The van der Waals surface area contributed by atoms with Crippen LogP contribution in [0.1, 0.15) is 6.42 Å². The van der Waals surface area contributed by atoms with Gasteiger partial charge in [0.1, 0.15) is 0 Å². The number of hydrogen-bond donors (Lipinski definition) is 0. The van der Waals surface area contributed by atoms with E-state index in [2.05, 4.69) is 0 Å². The molecule has 0 spiro atoms. The first kappa shape index (κ1) is 6.58. The van der Waals surface area contributed by atoms with E-state index < -0.39 is 18.3 Å². The van der Waals surface area contributed by atoms with Crippen LogP contribution in [0.3, 0.4) is 0 Å². The van der Waals surface area contributed by atoms with Crippen molar-refractivity contribution in [2.24, 2.45) is 0 Å². The van der Waals surface area contributed by atoms with E-state index >= 15 is 0 Å². The molecule has 0 saturated heterocycles. The summed E-state index contributed by atoms with van der Waals surface area (Å²) in [6, 6.07) is 0. The Morgan fingerprint density at radius 3 is 1.78 bits per heavy atom. The van der Waals surface area contributed by atoms with Gasteiger partial charge in [0, 0.05) is 6.42 Å². The Hall–Kier alpha value is -0.540. The summed E-state index contributed by atoms with van der Waals surface area (Å²) in [6.07, 6.45) is 0.187. The molecule has 0 nitrogen and oxygen atoms in total. The first-order chi connectivity index (χ1) is 3.96. The van der Waals surface area contributed by atoms with Crippen molar-refractivity contribution in [3.05, 3.63) is 12.2 Å². The molecule has 1 rings (SSSR count). The normalized spacial score (nSPS) is 28.9. The van der Waals surface area contributed by atoms with Gasteiger partial charge in [-0.1, -0.05) is 6.08 Å². The average molecular weight is 140 g/mol. The monoisotopic (exact) mass is 140 g/mol. The molecule has 0 aliphatic heterocycles. The quantitative estimate of drug-likeness (QED) is 0.357. The Kier molecular flexibility index (Phi) is 1.09. The average Bonchev–Trinajstić information content (AvgIpc) is 1.81. The molecular weight excluding hydrogens is 136 g/mol. The number of allylic oxidation sites excluding steroid dienone is 2. The molecule has 0 aromatic heterocycles. The summed E-state index contributed by atoms with van der Waals surface area (Å²) in [5.41, 5.74) is 0. The molecule has 1 aliphatic carbocycles. The maximum Gasteiger partial charge on any atom is 0.328 e. The van der Waals surface area contributed by atoms with Crippen molar-refractivity contribution < 1.29 is 17.6 Å². The van der Waals surface area contributed by atoms with Gasteiger partial charge in [-0.2, -0.15) is 17.6 Å². The molecule has 0 amide bonds. The summed E-state index contributed by atoms with van der Waals surface area (Å²) in [5.74, 6) is -7.78. The summed E-state index contributed by atoms with van der Waals surface area (Å²) in [7, 11) is 0. The third-order valence-corrected chi connectivity index (χ3v) is 1.19. The minimum Gasteiger partial charge on any atom is -0.199 e. The molecular formula is C5H4F4. The van der Waals surface area contributed by atoms with Crippen LogP contribution >= 0.6 is 0 Å². The molecule has 0 N–H and O–H groups in total. The molecule has 9 heavy (non-hydrogen) atoms. The largest absolute Gasteiger partial charge is 0.328 e. The van der Waals surface area contributed by atoms with Gasteiger partial charge in [0.25, 0.3) is 0 Å². The van der Waals surface area contributed by atoms with E-state index in [9.17, 15) is 17.6 Å². The van der Waals surface area contributed by atoms with Gasteiger partial charge in [-0.15, -0.1) is 0 Å². The molecule has 1 aliphatic rings. The van der Waals surface area contributed by atoms with Crippen LogP contribution in [0.2, 0.25) is 0 Å². The van der Waals surface area contributed by atoms with Crippen LogP contribution in [0, 0.1) is 0 Å². The van der Waals surface area contributed by atoms with E-state index in [-0.39, 0.29) is 6.08 Å². The van der Waals surface area contributed by atoms with Crippen LogP contribution in [0.15, 0.2) is 12.2 Å². The van der Waals surface area contributed by atoms with E-state index in [1.165, 1.54) is 0 Å². The Bertz CT molecular complexity index is 147. The van der Waals surface area contributed by atoms with Crippen LogP contribution in [0.4, 0.5) is 17.6 Å². The van der Waals surface area contributed by atoms with Gasteiger partial charge in [0.05, 0.1) is 0 Å². The van der Waals surface area contributed by atoms with Crippen molar-refractivity contribution in [2.45, 2.75) is 18.3 Å². The van der Waals surface area contributed by atoms with Gasteiger partial charge in [-0.05, 0) is 6.08 Å². The molecule has 0 saturated carbocycles. The fourth-order valence-corrected chi connectivity index (χ4v) is 0.613. The Labute approximate surface area is 49.2 Å². The standard InChI is InChI=1S/C5H4F4/c6-4(7)2-1-3-5(4,8)9/h1-2H,3H2. The van der Waals surface area contributed by atoms with Crippen molar-refractivity contribution in [3.63, 3.8) is 0 Å². The first-order valence-corrected chi connectivity index (χ1v) is 2.39. The van der Waals surface area contributed by atoms with E-state index in [1.54, 1.807) is 0 Å². The van der Waals surface area contributed by atoms with Gasteiger partial charge in [0.2, 0.25) is 0 Å². The summed E-state index contributed by atoms with van der Waals surface area (Å²) in [5, 5.41) is 0. The second kappa shape index (κ2) is 1.49. The molecule has 0 radical (unpaired) electrons. The highest BCUT2D eigenvalue weighted by Crippen LogP contribution is 2.42. The van der Waals surface area contributed by atoms with Crippen molar-refractivity contribution in [1.82, 2.24) is 0 Å². The van der Waals surface area contributed by atoms with E-state index in [0.717, 1.165) is 6.08 Å². The fourth-order valence-electron chi connectivity index (χ4n) is 0.613. The lowest BCUT2D eigenvalue weighted by Crippen LogP contribution is -2.34. The van der Waals surface area contributed by atoms with Gasteiger partial charge >= 0.3 is 11.8 Å². The Balaban J connectivity index is 2.84. The van der Waals surface area contributed by atoms with E-state index in [1.807, 2.05) is 0 Å². The lowest BCUT2D eigenvalue weighted by Gasteiger charge is -2.16. The van der Waals surface area contributed by atoms with Crippen molar-refractivity contribution in [3.8, 4) is 0 Å². The minimum atomic E-state index is -3.92. The van der Waals surface area contributed by atoms with Gasteiger partial charge in [0.15, 0.2) is 0 Å². The molecule has 4 heteroatoms. The summed E-state index contributed by atoms with van der Waals surface area (Å²) in [6.45, 7) is 0. The molecule has 0 bridgehead atoms. The molecule has 52 valence electrons. The Morgan fingerprint density at radius 1 is 1.11 bits per heavy atom. The lowest BCUT2D eigenvalue weighted by molar-refractivity contribution is -0.167. The van der Waals surface area contributed by atoms with Crippen LogP contribution < -0.4 is 0 Å². The number of hydrogen-bond acceptors (Lipinski definition) is 0. The molecule has 0 heterocycles. The van der Waals surface area contributed by atoms with E-state index in [0.29, 0.717) is 0 Å². The van der Waals surface area contributed by atoms with Crippen molar-refractivity contribution in [1.29, 1.82) is 0 Å². The Morgan fingerprint density at radius 2 is 1.67 bits per heavy atom. The second-order valence-electron chi connectivity index (χ2n) is 1.93. The molecule has 0 aromatic rings. The predicted molar refractivity (Wildman–Crippen MR) is 23.7 cm³/mol.